The molecular formula is C15H26N2O2S2. The third kappa shape index (κ3) is 3.90. The van der Waals surface area contributed by atoms with Crippen molar-refractivity contribution in [2.45, 2.75) is 49.9 Å². The van der Waals surface area contributed by atoms with Crippen molar-refractivity contribution in [2.75, 3.05) is 26.0 Å². The third-order valence-corrected chi connectivity index (χ3v) is 6.75. The smallest absolute Gasteiger partial charge is 0.222 e. The van der Waals surface area contributed by atoms with Crippen molar-refractivity contribution in [1.29, 1.82) is 0 Å². The molecule has 1 aliphatic heterocycles. The fourth-order valence-corrected chi connectivity index (χ4v) is 4.50. The Morgan fingerprint density at radius 1 is 1.43 bits per heavy atom. The molecule has 0 atom stereocenters. The van der Waals surface area contributed by atoms with E-state index in [2.05, 4.69) is 6.26 Å². The van der Waals surface area contributed by atoms with Crippen LogP contribution in [0.15, 0.2) is 0 Å². The molecule has 0 aromatic rings. The average Bonchev–Trinajstić information content (AvgIpc) is 2.44. The van der Waals surface area contributed by atoms with Gasteiger partial charge in [0.1, 0.15) is 0 Å². The molecule has 0 aromatic heterocycles. The second-order valence-corrected chi connectivity index (χ2v) is 7.69. The average molecular weight is 331 g/mol. The molecule has 2 rings (SSSR count). The van der Waals surface area contributed by atoms with Crippen LogP contribution in [0.25, 0.3) is 0 Å². The Morgan fingerprint density at radius 2 is 2.05 bits per heavy atom. The van der Waals surface area contributed by atoms with E-state index in [9.17, 15) is 4.79 Å². The van der Waals surface area contributed by atoms with Crippen molar-refractivity contribution in [2.24, 2.45) is 11.7 Å². The largest absolute Gasteiger partial charge is 0.392 e. The van der Waals surface area contributed by atoms with Gasteiger partial charge >= 0.3 is 0 Å². The number of ether oxygens (including phenoxy) is 1. The SMILES string of the molecule is CCOC1CC(CC(=O)N2CCC(SC)(C(N)=S)CC2)C1. The summed E-state index contributed by atoms with van der Waals surface area (Å²) in [7, 11) is 0. The number of likely N-dealkylation sites (tertiary alicyclic amines) is 1. The van der Waals surface area contributed by atoms with Gasteiger partial charge in [-0.1, -0.05) is 12.2 Å². The molecule has 0 aromatic carbocycles. The van der Waals surface area contributed by atoms with Gasteiger partial charge in [0.15, 0.2) is 0 Å². The van der Waals surface area contributed by atoms with E-state index in [0.29, 0.717) is 23.4 Å². The van der Waals surface area contributed by atoms with Crippen molar-refractivity contribution in [3.05, 3.63) is 0 Å². The zero-order chi connectivity index (χ0) is 15.5. The van der Waals surface area contributed by atoms with Crippen LogP contribution in [0.4, 0.5) is 0 Å². The molecule has 120 valence electrons. The number of thiocarbonyl (C=S) groups is 1. The summed E-state index contributed by atoms with van der Waals surface area (Å²) < 4.78 is 5.44. The van der Waals surface area contributed by atoms with E-state index in [1.54, 1.807) is 11.8 Å². The van der Waals surface area contributed by atoms with Gasteiger partial charge in [0.2, 0.25) is 5.91 Å². The van der Waals surface area contributed by atoms with Gasteiger partial charge in [-0.3, -0.25) is 4.79 Å². The topological polar surface area (TPSA) is 55.6 Å². The van der Waals surface area contributed by atoms with Gasteiger partial charge in [-0.25, -0.2) is 0 Å². The summed E-state index contributed by atoms with van der Waals surface area (Å²) in [6, 6.07) is 0. The van der Waals surface area contributed by atoms with Gasteiger partial charge in [-0.2, -0.15) is 11.8 Å². The maximum Gasteiger partial charge on any atom is 0.222 e. The van der Waals surface area contributed by atoms with Crippen molar-refractivity contribution in [1.82, 2.24) is 4.90 Å². The molecule has 1 aliphatic carbocycles. The highest BCUT2D eigenvalue weighted by atomic mass is 32.2. The number of hydrogen-bond donors (Lipinski definition) is 1. The van der Waals surface area contributed by atoms with E-state index >= 15 is 0 Å². The van der Waals surface area contributed by atoms with Crippen LogP contribution in [0.3, 0.4) is 0 Å². The van der Waals surface area contributed by atoms with Crippen LogP contribution >= 0.6 is 24.0 Å². The summed E-state index contributed by atoms with van der Waals surface area (Å²) in [6.07, 6.45) is 6.93. The van der Waals surface area contributed by atoms with Crippen LogP contribution in [-0.4, -0.2) is 52.6 Å². The molecule has 0 unspecified atom stereocenters. The molecule has 2 N–H and O–H groups in total. The molecule has 2 fully saturated rings. The fourth-order valence-electron chi connectivity index (χ4n) is 3.26. The number of amides is 1. The van der Waals surface area contributed by atoms with Crippen molar-refractivity contribution in [3.63, 3.8) is 0 Å². The second kappa shape index (κ2) is 7.29. The maximum absolute atomic E-state index is 12.3. The van der Waals surface area contributed by atoms with Crippen LogP contribution in [0.5, 0.6) is 0 Å². The number of nitrogens with two attached hydrogens (primary N) is 1. The zero-order valence-corrected chi connectivity index (χ0v) is 14.6. The molecule has 1 saturated heterocycles. The Morgan fingerprint density at radius 3 is 2.52 bits per heavy atom. The van der Waals surface area contributed by atoms with Crippen LogP contribution in [0, 0.1) is 5.92 Å². The normalized spacial score (nSPS) is 28.0. The highest BCUT2D eigenvalue weighted by Crippen LogP contribution is 2.37. The third-order valence-electron chi connectivity index (χ3n) is 4.82. The summed E-state index contributed by atoms with van der Waals surface area (Å²) in [4.78, 5) is 14.9. The number of rotatable bonds is 6. The van der Waals surface area contributed by atoms with E-state index in [1.807, 2.05) is 11.8 Å². The number of carbonyl (C=O) groups excluding carboxylic acids is 1. The first-order valence-electron chi connectivity index (χ1n) is 7.75. The number of nitrogens with zero attached hydrogens (tertiary/aromatic N) is 1. The highest BCUT2D eigenvalue weighted by molar-refractivity contribution is 8.02. The first-order valence-corrected chi connectivity index (χ1v) is 9.38. The van der Waals surface area contributed by atoms with E-state index in [0.717, 1.165) is 45.4 Å². The number of thioether (sulfide) groups is 1. The van der Waals surface area contributed by atoms with Gasteiger partial charge in [-0.15, -0.1) is 0 Å². The Bertz CT molecular complexity index is 389. The second-order valence-electron chi connectivity index (χ2n) is 6.06. The van der Waals surface area contributed by atoms with Gasteiger partial charge < -0.3 is 15.4 Å². The molecule has 1 amide bonds. The molecule has 0 radical (unpaired) electrons. The molecule has 0 spiro atoms. The molecular weight excluding hydrogens is 304 g/mol. The molecule has 2 aliphatic rings. The lowest BCUT2D eigenvalue weighted by Gasteiger charge is -2.41. The minimum atomic E-state index is -0.108. The quantitative estimate of drug-likeness (QED) is 0.757. The van der Waals surface area contributed by atoms with E-state index < -0.39 is 0 Å². The summed E-state index contributed by atoms with van der Waals surface area (Å²) in [6.45, 7) is 4.34. The molecule has 21 heavy (non-hydrogen) atoms. The Hall–Kier alpha value is -0.330. The van der Waals surface area contributed by atoms with Crippen molar-refractivity contribution < 1.29 is 9.53 Å². The summed E-state index contributed by atoms with van der Waals surface area (Å²) in [5, 5.41) is 0. The minimum Gasteiger partial charge on any atom is -0.392 e. The lowest BCUT2D eigenvalue weighted by Crippen LogP contribution is -2.51. The van der Waals surface area contributed by atoms with E-state index in [4.69, 9.17) is 22.7 Å². The minimum absolute atomic E-state index is 0.108. The summed E-state index contributed by atoms with van der Waals surface area (Å²) in [5.41, 5.74) is 5.88. The predicted molar refractivity (Wildman–Crippen MR) is 91.6 cm³/mol. The maximum atomic E-state index is 12.3. The Labute approximate surface area is 137 Å². The van der Waals surface area contributed by atoms with Gasteiger partial charge in [0.25, 0.3) is 0 Å². The zero-order valence-electron chi connectivity index (χ0n) is 13.0. The summed E-state index contributed by atoms with van der Waals surface area (Å²) >= 11 is 6.94. The monoisotopic (exact) mass is 330 g/mol. The first kappa shape index (κ1) is 17.0. The van der Waals surface area contributed by atoms with Gasteiger partial charge in [0, 0.05) is 26.1 Å². The van der Waals surface area contributed by atoms with Crippen LogP contribution in [0.1, 0.15) is 39.0 Å². The number of carbonyl (C=O) groups is 1. The van der Waals surface area contributed by atoms with Crippen molar-refractivity contribution in [3.8, 4) is 0 Å². The molecule has 0 bridgehead atoms. The number of piperidine rings is 1. The fraction of sp³-hybridized carbons (Fsp3) is 0.867. The molecule has 1 heterocycles. The Balaban J connectivity index is 1.75. The lowest BCUT2D eigenvalue weighted by molar-refractivity contribution is -0.135. The molecule has 1 saturated carbocycles. The molecule has 4 nitrogen and oxygen atoms in total. The van der Waals surface area contributed by atoms with Gasteiger partial charge in [0.05, 0.1) is 15.8 Å². The van der Waals surface area contributed by atoms with Crippen LogP contribution in [0.2, 0.25) is 0 Å². The van der Waals surface area contributed by atoms with E-state index in [1.165, 1.54) is 0 Å². The highest BCUT2D eigenvalue weighted by Gasteiger charge is 2.39. The standard InChI is InChI=1S/C15H26N2O2S2/c1-3-19-12-8-11(9-12)10-13(18)17-6-4-15(21-2,5-7-17)14(16)20/h11-12H,3-10H2,1-2H3,(H2,16,20). The van der Waals surface area contributed by atoms with E-state index in [-0.39, 0.29) is 10.7 Å². The lowest BCUT2D eigenvalue weighted by atomic mass is 9.79. The molecule has 6 heteroatoms. The number of hydrogen-bond acceptors (Lipinski definition) is 4. The van der Waals surface area contributed by atoms with Crippen molar-refractivity contribution >= 4 is 34.9 Å². The predicted octanol–water partition coefficient (Wildman–Crippen LogP) is 2.20. The summed E-state index contributed by atoms with van der Waals surface area (Å²) in [5.74, 6) is 0.796. The first-order chi connectivity index (χ1) is 10.0. The Kier molecular flexibility index (Phi) is 5.91. The van der Waals surface area contributed by atoms with Crippen LogP contribution < -0.4 is 5.73 Å². The van der Waals surface area contributed by atoms with Crippen LogP contribution in [-0.2, 0) is 9.53 Å². The van der Waals surface area contributed by atoms with Gasteiger partial charge in [-0.05, 0) is 44.8 Å².